The van der Waals surface area contributed by atoms with Crippen molar-refractivity contribution in [2.75, 3.05) is 31.1 Å². The molecule has 4 aromatic rings. The summed E-state index contributed by atoms with van der Waals surface area (Å²) in [4.78, 5) is 8.51. The fourth-order valence-corrected chi connectivity index (χ4v) is 3.92. The van der Waals surface area contributed by atoms with Gasteiger partial charge < -0.3 is 18.2 Å². The molecule has 0 bridgehead atoms. The van der Waals surface area contributed by atoms with Gasteiger partial charge in [-0.15, -0.1) is 10.2 Å². The van der Waals surface area contributed by atoms with E-state index in [-0.39, 0.29) is 5.69 Å². The first-order valence-corrected chi connectivity index (χ1v) is 10.5. The lowest BCUT2D eigenvalue weighted by molar-refractivity contribution is 0.224. The predicted octanol–water partition coefficient (Wildman–Crippen LogP) is 3.94. The Morgan fingerprint density at radius 3 is 2.58 bits per heavy atom. The predicted molar refractivity (Wildman–Crippen MR) is 114 cm³/mol. The number of nitriles is 1. The SMILES string of the molecule is N#Cc1nc(-c2ccco2)oc1N1CCN(Cc2nnc(-c3ccccc3Br)o2)CC1. The maximum absolute atomic E-state index is 9.45. The van der Waals surface area contributed by atoms with E-state index in [0.717, 1.165) is 23.1 Å². The minimum atomic E-state index is 0.259. The van der Waals surface area contributed by atoms with Crippen LogP contribution in [0.4, 0.5) is 5.88 Å². The van der Waals surface area contributed by atoms with Crippen LogP contribution in [0.25, 0.3) is 23.1 Å². The van der Waals surface area contributed by atoms with Crippen molar-refractivity contribution < 1.29 is 13.3 Å². The van der Waals surface area contributed by atoms with Gasteiger partial charge in [0, 0.05) is 30.7 Å². The highest BCUT2D eigenvalue weighted by Crippen LogP contribution is 2.30. The van der Waals surface area contributed by atoms with E-state index in [1.54, 1.807) is 18.4 Å². The van der Waals surface area contributed by atoms with Crippen LogP contribution in [0, 0.1) is 11.3 Å². The molecule has 1 aliphatic heterocycles. The Balaban J connectivity index is 1.24. The summed E-state index contributed by atoms with van der Waals surface area (Å²) in [6.45, 7) is 3.45. The monoisotopic (exact) mass is 480 g/mol. The van der Waals surface area contributed by atoms with Crippen molar-refractivity contribution in [2.24, 2.45) is 0 Å². The van der Waals surface area contributed by atoms with Gasteiger partial charge in [0.2, 0.25) is 23.4 Å². The number of halogens is 1. The Bertz CT molecular complexity index is 1220. The van der Waals surface area contributed by atoms with Crippen molar-refractivity contribution >= 4 is 21.8 Å². The summed E-state index contributed by atoms with van der Waals surface area (Å²) in [6.07, 6.45) is 1.55. The highest BCUT2D eigenvalue weighted by molar-refractivity contribution is 9.10. The zero-order valence-corrected chi connectivity index (χ0v) is 17.9. The van der Waals surface area contributed by atoms with Gasteiger partial charge in [0.1, 0.15) is 6.07 Å². The number of hydrogen-bond acceptors (Lipinski definition) is 9. The normalized spacial score (nSPS) is 14.6. The van der Waals surface area contributed by atoms with Crippen LogP contribution in [0.2, 0.25) is 0 Å². The van der Waals surface area contributed by atoms with Gasteiger partial charge in [0.05, 0.1) is 18.4 Å². The first-order chi connectivity index (χ1) is 15.2. The van der Waals surface area contributed by atoms with Crippen LogP contribution in [-0.2, 0) is 6.54 Å². The van der Waals surface area contributed by atoms with E-state index in [1.807, 2.05) is 29.2 Å². The minimum Gasteiger partial charge on any atom is -0.459 e. The Morgan fingerprint density at radius 1 is 1.00 bits per heavy atom. The average Bonchev–Trinajstić information content (AvgIpc) is 3.55. The molecule has 0 aliphatic carbocycles. The molecule has 0 N–H and O–H groups in total. The van der Waals surface area contributed by atoms with E-state index in [4.69, 9.17) is 13.3 Å². The zero-order valence-electron chi connectivity index (χ0n) is 16.4. The first kappa shape index (κ1) is 19.5. The van der Waals surface area contributed by atoms with Crippen molar-refractivity contribution in [3.63, 3.8) is 0 Å². The molecule has 9 nitrogen and oxygen atoms in total. The second kappa shape index (κ2) is 8.37. The molecule has 1 saturated heterocycles. The molecule has 1 aromatic carbocycles. The van der Waals surface area contributed by atoms with Crippen molar-refractivity contribution in [1.82, 2.24) is 20.1 Å². The molecule has 4 heterocycles. The highest BCUT2D eigenvalue weighted by Gasteiger charge is 2.26. The smallest absolute Gasteiger partial charge is 0.266 e. The van der Waals surface area contributed by atoms with Crippen LogP contribution in [0.5, 0.6) is 0 Å². The second-order valence-electron chi connectivity index (χ2n) is 7.01. The van der Waals surface area contributed by atoms with Crippen molar-refractivity contribution in [2.45, 2.75) is 6.54 Å². The Hall–Kier alpha value is -3.42. The third-order valence-corrected chi connectivity index (χ3v) is 5.73. The van der Waals surface area contributed by atoms with Crippen LogP contribution in [0.1, 0.15) is 11.6 Å². The molecule has 3 aromatic heterocycles. The molecule has 31 heavy (non-hydrogen) atoms. The Kier molecular flexibility index (Phi) is 5.28. The van der Waals surface area contributed by atoms with Crippen molar-refractivity contribution in [3.8, 4) is 29.2 Å². The standard InChI is InChI=1S/C21H17BrN6O3/c22-15-5-2-1-4-14(15)19-26-25-18(30-19)13-27-7-9-28(10-8-27)21-16(12-23)24-20(31-21)17-6-3-11-29-17/h1-6,11H,7-10,13H2. The van der Waals surface area contributed by atoms with Gasteiger partial charge in [-0.1, -0.05) is 12.1 Å². The van der Waals surface area contributed by atoms with Crippen molar-refractivity contribution in [1.29, 1.82) is 5.26 Å². The molecule has 0 radical (unpaired) electrons. The number of piperazine rings is 1. The van der Waals surface area contributed by atoms with Gasteiger partial charge in [-0.25, -0.2) is 0 Å². The molecule has 0 saturated carbocycles. The summed E-state index contributed by atoms with van der Waals surface area (Å²) >= 11 is 3.51. The topological polar surface area (TPSA) is 108 Å². The van der Waals surface area contributed by atoms with Crippen LogP contribution in [0.15, 0.2) is 60.4 Å². The molecule has 1 aliphatic rings. The van der Waals surface area contributed by atoms with Gasteiger partial charge in [-0.2, -0.15) is 10.2 Å². The van der Waals surface area contributed by atoms with Gasteiger partial charge in [0.15, 0.2) is 5.76 Å². The lowest BCUT2D eigenvalue weighted by Gasteiger charge is -2.33. The Morgan fingerprint density at radius 2 is 1.84 bits per heavy atom. The second-order valence-corrected chi connectivity index (χ2v) is 7.86. The maximum Gasteiger partial charge on any atom is 0.266 e. The number of oxazole rings is 1. The molecular weight excluding hydrogens is 464 g/mol. The Labute approximate surface area is 186 Å². The van der Waals surface area contributed by atoms with Crippen LogP contribution in [0.3, 0.4) is 0 Å². The summed E-state index contributed by atoms with van der Waals surface area (Å²) in [5.41, 5.74) is 1.13. The highest BCUT2D eigenvalue weighted by atomic mass is 79.9. The fraction of sp³-hybridized carbons (Fsp3) is 0.238. The van der Waals surface area contributed by atoms with E-state index < -0.39 is 0 Å². The lowest BCUT2D eigenvalue weighted by atomic mass is 10.2. The fourth-order valence-electron chi connectivity index (χ4n) is 3.47. The number of nitrogens with zero attached hydrogens (tertiary/aromatic N) is 6. The molecule has 156 valence electrons. The summed E-state index contributed by atoms with van der Waals surface area (Å²) in [6, 6.07) is 13.4. The maximum atomic E-state index is 9.45. The third-order valence-electron chi connectivity index (χ3n) is 5.04. The molecule has 5 rings (SSSR count). The summed E-state index contributed by atoms with van der Waals surface area (Å²) in [5, 5.41) is 17.8. The number of benzene rings is 1. The zero-order chi connectivity index (χ0) is 21.2. The number of aromatic nitrogens is 3. The van der Waals surface area contributed by atoms with E-state index in [2.05, 4.69) is 42.1 Å². The van der Waals surface area contributed by atoms with E-state index >= 15 is 0 Å². The van der Waals surface area contributed by atoms with E-state index in [0.29, 0.717) is 49.0 Å². The molecule has 0 amide bonds. The molecule has 1 fully saturated rings. The summed E-state index contributed by atoms with van der Waals surface area (Å²) in [7, 11) is 0. The van der Waals surface area contributed by atoms with Gasteiger partial charge >= 0.3 is 0 Å². The molecule has 0 spiro atoms. The number of furan rings is 1. The van der Waals surface area contributed by atoms with Gasteiger partial charge in [0.25, 0.3) is 5.89 Å². The average molecular weight is 481 g/mol. The van der Waals surface area contributed by atoms with Crippen molar-refractivity contribution in [3.05, 3.63) is 58.7 Å². The van der Waals surface area contributed by atoms with E-state index in [1.165, 1.54) is 0 Å². The summed E-state index contributed by atoms with van der Waals surface area (Å²) < 4.78 is 17.9. The number of anilines is 1. The largest absolute Gasteiger partial charge is 0.459 e. The quantitative estimate of drug-likeness (QED) is 0.419. The molecule has 0 unspecified atom stereocenters. The number of rotatable bonds is 5. The lowest BCUT2D eigenvalue weighted by Crippen LogP contribution is -2.46. The van der Waals surface area contributed by atoms with Gasteiger partial charge in [-0.05, 0) is 40.2 Å². The molecular formula is C21H17BrN6O3. The van der Waals surface area contributed by atoms with Gasteiger partial charge in [-0.3, -0.25) is 4.90 Å². The van der Waals surface area contributed by atoms with Crippen LogP contribution in [-0.4, -0.2) is 46.3 Å². The summed E-state index contributed by atoms with van der Waals surface area (Å²) in [5.74, 6) is 2.34. The molecule has 10 heteroatoms. The van der Waals surface area contributed by atoms with Crippen LogP contribution >= 0.6 is 15.9 Å². The minimum absolute atomic E-state index is 0.259. The van der Waals surface area contributed by atoms with E-state index in [9.17, 15) is 5.26 Å². The molecule has 0 atom stereocenters. The third kappa shape index (κ3) is 3.97. The first-order valence-electron chi connectivity index (χ1n) is 9.70. The van der Waals surface area contributed by atoms with Crippen LogP contribution < -0.4 is 4.90 Å². The number of hydrogen-bond donors (Lipinski definition) is 0.